The zero-order valence-electron chi connectivity index (χ0n) is 22.1. The van der Waals surface area contributed by atoms with E-state index in [4.69, 9.17) is 22.3 Å². The van der Waals surface area contributed by atoms with Crippen molar-refractivity contribution >= 4 is 46.2 Å². The molecule has 3 rings (SSSR count). The van der Waals surface area contributed by atoms with Gasteiger partial charge < -0.3 is 26.2 Å². The Morgan fingerprint density at radius 1 is 1.11 bits per heavy atom. The summed E-state index contributed by atoms with van der Waals surface area (Å²) in [5.74, 6) is -0.610. The third kappa shape index (κ3) is 7.57. The molecule has 1 heterocycles. The van der Waals surface area contributed by atoms with Gasteiger partial charge in [-0.25, -0.2) is 0 Å². The van der Waals surface area contributed by atoms with Crippen molar-refractivity contribution in [1.29, 1.82) is 0 Å². The van der Waals surface area contributed by atoms with E-state index in [1.807, 2.05) is 45.3 Å². The number of carbonyl (C=O) groups excluding carboxylic acids is 2. The van der Waals surface area contributed by atoms with Gasteiger partial charge in [0.2, 0.25) is 0 Å². The summed E-state index contributed by atoms with van der Waals surface area (Å²) >= 11 is 6.41. The third-order valence-corrected chi connectivity index (χ3v) is 6.52. The number of nitrogens with two attached hydrogens (primary N) is 1. The summed E-state index contributed by atoms with van der Waals surface area (Å²) in [4.78, 5) is 34.4. The Kier molecular flexibility index (Phi) is 10.3. The number of hydrogen-bond donors (Lipinski definition) is 3. The van der Waals surface area contributed by atoms with Gasteiger partial charge in [0.25, 0.3) is 11.8 Å². The van der Waals surface area contributed by atoms with Crippen LogP contribution >= 0.6 is 11.6 Å². The quantitative estimate of drug-likeness (QED) is 0.247. The van der Waals surface area contributed by atoms with Crippen LogP contribution in [0.2, 0.25) is 5.02 Å². The lowest BCUT2D eigenvalue weighted by Crippen LogP contribution is -2.47. The van der Waals surface area contributed by atoms with Crippen LogP contribution < -0.4 is 16.4 Å². The second-order valence-corrected chi connectivity index (χ2v) is 9.32. The summed E-state index contributed by atoms with van der Waals surface area (Å²) in [6, 6.07) is 12.7. The normalized spacial score (nSPS) is 15.3. The highest BCUT2D eigenvalue weighted by atomic mass is 35.5. The lowest BCUT2D eigenvalue weighted by atomic mass is 10.1. The number of nitrogens with zero attached hydrogens (tertiary/aromatic N) is 3. The summed E-state index contributed by atoms with van der Waals surface area (Å²) in [6.07, 6.45) is 5.59. The number of amides is 2. The highest BCUT2D eigenvalue weighted by molar-refractivity contribution is 6.34. The van der Waals surface area contributed by atoms with Crippen molar-refractivity contribution in [2.45, 2.75) is 13.3 Å². The molecule has 0 aliphatic carbocycles. The van der Waals surface area contributed by atoms with Crippen LogP contribution in [0.1, 0.15) is 29.3 Å². The fourth-order valence-electron chi connectivity index (χ4n) is 3.88. The van der Waals surface area contributed by atoms with E-state index in [2.05, 4.69) is 22.1 Å². The maximum atomic E-state index is 12.9. The maximum Gasteiger partial charge on any atom is 0.271 e. The van der Waals surface area contributed by atoms with Gasteiger partial charge in [-0.3, -0.25) is 14.6 Å². The van der Waals surface area contributed by atoms with E-state index in [0.717, 1.165) is 24.3 Å². The Morgan fingerprint density at radius 2 is 1.76 bits per heavy atom. The molecule has 0 unspecified atom stereocenters. The monoisotopic (exact) mass is 534 g/mol. The number of allylic oxidation sites excluding steroid dienone is 3. The Hall–Kier alpha value is -3.88. The Labute approximate surface area is 229 Å². The number of halogens is 1. The van der Waals surface area contributed by atoms with Crippen molar-refractivity contribution in [2.24, 2.45) is 10.7 Å². The van der Waals surface area contributed by atoms with Gasteiger partial charge in [-0.2, -0.15) is 0 Å². The third-order valence-electron chi connectivity index (χ3n) is 6.20. The van der Waals surface area contributed by atoms with Gasteiger partial charge in [0, 0.05) is 55.9 Å². The zero-order chi connectivity index (χ0) is 27.7. The molecule has 1 aliphatic rings. The molecule has 8 nitrogen and oxygen atoms in total. The van der Waals surface area contributed by atoms with Crippen LogP contribution in [0.4, 0.5) is 11.4 Å². The van der Waals surface area contributed by atoms with Crippen molar-refractivity contribution in [2.75, 3.05) is 50.9 Å². The van der Waals surface area contributed by atoms with E-state index in [-0.39, 0.29) is 16.6 Å². The SMILES string of the molecule is C=C\C=C(/N=C(\C=C(/N)C(=O)Nc1ccc(C(=O)N2CCN(C)CC2)c(Cl)c1)CC)c1ccc(NC)cc1. The molecule has 0 bridgehead atoms. The fourth-order valence-corrected chi connectivity index (χ4v) is 4.14. The number of piperazine rings is 1. The van der Waals surface area contributed by atoms with Gasteiger partial charge in [0.05, 0.1) is 22.0 Å². The Balaban J connectivity index is 1.73. The highest BCUT2D eigenvalue weighted by Gasteiger charge is 2.22. The Bertz CT molecular complexity index is 1260. The zero-order valence-corrected chi connectivity index (χ0v) is 22.9. The molecule has 9 heteroatoms. The van der Waals surface area contributed by atoms with Gasteiger partial charge in [0.1, 0.15) is 0 Å². The second-order valence-electron chi connectivity index (χ2n) is 8.92. The topological polar surface area (TPSA) is 103 Å². The van der Waals surface area contributed by atoms with Crippen molar-refractivity contribution in [3.8, 4) is 0 Å². The van der Waals surface area contributed by atoms with Gasteiger partial charge >= 0.3 is 0 Å². The molecule has 1 fully saturated rings. The molecule has 2 amide bonds. The number of rotatable bonds is 9. The van der Waals surface area contributed by atoms with Crippen LogP contribution in [-0.4, -0.2) is 67.6 Å². The van der Waals surface area contributed by atoms with Crippen LogP contribution in [0.5, 0.6) is 0 Å². The Morgan fingerprint density at radius 3 is 2.34 bits per heavy atom. The van der Waals surface area contributed by atoms with Crippen LogP contribution in [0.3, 0.4) is 0 Å². The summed E-state index contributed by atoms with van der Waals surface area (Å²) in [7, 11) is 3.89. The minimum atomic E-state index is -0.493. The van der Waals surface area contributed by atoms with Crippen molar-refractivity contribution < 1.29 is 9.59 Å². The minimum absolute atomic E-state index is 0.00259. The van der Waals surface area contributed by atoms with E-state index >= 15 is 0 Å². The number of anilines is 2. The van der Waals surface area contributed by atoms with E-state index in [1.165, 1.54) is 0 Å². The predicted molar refractivity (Wildman–Crippen MR) is 158 cm³/mol. The first-order valence-corrected chi connectivity index (χ1v) is 12.9. The molecule has 1 aliphatic heterocycles. The number of carbonyl (C=O) groups is 2. The fraction of sp³-hybridized carbons (Fsp3) is 0.276. The number of nitrogens with one attached hydrogen (secondary N) is 2. The van der Waals surface area contributed by atoms with Crippen molar-refractivity contribution in [3.63, 3.8) is 0 Å². The number of likely N-dealkylation sites (N-methyl/N-ethyl adjacent to an activating group) is 1. The summed E-state index contributed by atoms with van der Waals surface area (Å²) < 4.78 is 0. The van der Waals surface area contributed by atoms with Crippen molar-refractivity contribution in [3.05, 3.63) is 89.1 Å². The molecule has 1 saturated heterocycles. The molecule has 0 atom stereocenters. The largest absolute Gasteiger partial charge is 0.394 e. The molecule has 2 aromatic rings. The molecule has 4 N–H and O–H groups in total. The summed E-state index contributed by atoms with van der Waals surface area (Å²) in [6.45, 7) is 8.66. The number of aliphatic imine (C=N–C) groups is 1. The molecule has 0 aromatic heterocycles. The van der Waals surface area contributed by atoms with Crippen LogP contribution in [-0.2, 0) is 4.79 Å². The standard InChI is InChI=1S/C29H35ClN6O2/c1-5-7-27(20-8-10-22(32-3)11-9-20)33-21(6-2)19-26(31)28(37)34-23-12-13-24(25(30)18-23)29(38)36-16-14-35(4)15-17-36/h5,7-13,18-19,32H,1,6,14-17,31H2,2-4H3,(H,34,37)/b26-19-,27-7-,33-21-. The van der Waals surface area contributed by atoms with E-state index in [9.17, 15) is 9.59 Å². The molecule has 0 saturated carbocycles. The van der Waals surface area contributed by atoms with E-state index in [1.54, 1.807) is 41.3 Å². The van der Waals surface area contributed by atoms with Crippen LogP contribution in [0.25, 0.3) is 5.70 Å². The first kappa shape index (κ1) is 28.7. The molecular weight excluding hydrogens is 500 g/mol. The van der Waals surface area contributed by atoms with Crippen LogP contribution in [0.15, 0.2) is 78.0 Å². The molecule has 0 radical (unpaired) electrons. The van der Waals surface area contributed by atoms with E-state index in [0.29, 0.717) is 42.2 Å². The molecule has 38 heavy (non-hydrogen) atoms. The van der Waals surface area contributed by atoms with Gasteiger partial charge in [0.15, 0.2) is 0 Å². The predicted octanol–water partition coefficient (Wildman–Crippen LogP) is 4.63. The van der Waals surface area contributed by atoms with Crippen LogP contribution in [0, 0.1) is 0 Å². The smallest absolute Gasteiger partial charge is 0.271 e. The van der Waals surface area contributed by atoms with Gasteiger partial charge in [-0.1, -0.05) is 43.3 Å². The molecule has 2 aromatic carbocycles. The first-order chi connectivity index (χ1) is 18.2. The molecule has 0 spiro atoms. The minimum Gasteiger partial charge on any atom is -0.394 e. The first-order valence-electron chi connectivity index (χ1n) is 12.5. The van der Waals surface area contributed by atoms with Gasteiger partial charge in [-0.15, -0.1) is 0 Å². The lowest BCUT2D eigenvalue weighted by Gasteiger charge is -2.32. The second kappa shape index (κ2) is 13.6. The number of hydrogen-bond acceptors (Lipinski definition) is 6. The average molecular weight is 535 g/mol. The number of benzene rings is 2. The van der Waals surface area contributed by atoms with Crippen molar-refractivity contribution in [1.82, 2.24) is 9.80 Å². The van der Waals surface area contributed by atoms with E-state index < -0.39 is 5.91 Å². The summed E-state index contributed by atoms with van der Waals surface area (Å²) in [5, 5.41) is 6.11. The average Bonchev–Trinajstić information content (AvgIpc) is 2.92. The lowest BCUT2D eigenvalue weighted by molar-refractivity contribution is -0.112. The molecular formula is C29H35ClN6O2. The highest BCUT2D eigenvalue weighted by Crippen LogP contribution is 2.24. The molecule has 200 valence electrons. The maximum absolute atomic E-state index is 12.9. The summed E-state index contributed by atoms with van der Waals surface area (Å²) in [5.41, 5.74) is 10.2. The van der Waals surface area contributed by atoms with Gasteiger partial charge in [-0.05, 0) is 56.0 Å².